The van der Waals surface area contributed by atoms with Crippen LogP contribution in [0.2, 0.25) is 0 Å². The van der Waals surface area contributed by atoms with Crippen LogP contribution in [0.15, 0.2) is 24.3 Å². The lowest BCUT2D eigenvalue weighted by Crippen LogP contribution is -2.39. The molecule has 2 aliphatic rings. The summed E-state index contributed by atoms with van der Waals surface area (Å²) < 4.78 is 6.16. The number of rotatable bonds is 1. The van der Waals surface area contributed by atoms with E-state index in [1.807, 2.05) is 0 Å². The molecule has 1 aromatic carbocycles. The predicted molar refractivity (Wildman–Crippen MR) is 68.9 cm³/mol. The van der Waals surface area contributed by atoms with E-state index in [2.05, 4.69) is 43.3 Å². The fraction of sp³-hybridized carbons (Fsp3) is 0.600. The first-order valence-electron chi connectivity index (χ1n) is 6.60. The quantitative estimate of drug-likeness (QED) is 0.737. The summed E-state index contributed by atoms with van der Waals surface area (Å²) in [5.74, 6) is 0. The molecule has 17 heavy (non-hydrogen) atoms. The normalized spacial score (nSPS) is 32.1. The molecular weight excluding hydrogens is 210 g/mol. The maximum absolute atomic E-state index is 6.16. The predicted octanol–water partition coefficient (Wildman–Crippen LogP) is 2.92. The van der Waals surface area contributed by atoms with Gasteiger partial charge in [-0.25, -0.2) is 0 Å². The highest BCUT2D eigenvalue weighted by atomic mass is 16.5. The number of hydrogen-bond donors (Lipinski definition) is 0. The highest BCUT2D eigenvalue weighted by Gasteiger charge is 2.42. The molecule has 1 aromatic rings. The maximum Gasteiger partial charge on any atom is 0.0940 e. The van der Waals surface area contributed by atoms with Crippen LogP contribution in [0.5, 0.6) is 0 Å². The number of nitrogens with zero attached hydrogens (tertiary/aromatic N) is 1. The molecule has 1 aliphatic heterocycles. The van der Waals surface area contributed by atoms with Gasteiger partial charge in [-0.2, -0.15) is 0 Å². The molecule has 1 heterocycles. The van der Waals surface area contributed by atoms with Gasteiger partial charge in [-0.05, 0) is 50.9 Å². The van der Waals surface area contributed by atoms with Gasteiger partial charge in [0, 0.05) is 6.04 Å². The van der Waals surface area contributed by atoms with Crippen LogP contribution >= 0.6 is 0 Å². The second-order valence-electron chi connectivity index (χ2n) is 5.63. The fourth-order valence-electron chi connectivity index (χ4n) is 3.38. The van der Waals surface area contributed by atoms with Crippen molar-refractivity contribution in [3.05, 3.63) is 35.4 Å². The van der Waals surface area contributed by atoms with E-state index in [9.17, 15) is 0 Å². The molecule has 0 radical (unpaired) electrons. The molecule has 1 saturated carbocycles. The van der Waals surface area contributed by atoms with Crippen molar-refractivity contribution in [2.75, 3.05) is 14.1 Å². The summed E-state index contributed by atoms with van der Waals surface area (Å²) in [5, 5.41) is 0. The van der Waals surface area contributed by atoms with Crippen LogP contribution in [-0.4, -0.2) is 25.0 Å². The molecule has 0 unspecified atom stereocenters. The summed E-state index contributed by atoms with van der Waals surface area (Å²) >= 11 is 0. The Bertz CT molecular complexity index is 405. The van der Waals surface area contributed by atoms with E-state index in [4.69, 9.17) is 4.74 Å². The molecule has 2 heteroatoms. The van der Waals surface area contributed by atoms with Gasteiger partial charge in [0.2, 0.25) is 0 Å². The van der Waals surface area contributed by atoms with Crippen molar-refractivity contribution >= 4 is 0 Å². The highest BCUT2D eigenvalue weighted by Crippen LogP contribution is 2.47. The molecule has 0 amide bonds. The number of benzene rings is 1. The van der Waals surface area contributed by atoms with Crippen molar-refractivity contribution in [1.29, 1.82) is 0 Å². The van der Waals surface area contributed by atoms with E-state index in [1.165, 1.54) is 36.8 Å². The molecule has 0 bridgehead atoms. The Kier molecular flexibility index (Phi) is 2.72. The van der Waals surface area contributed by atoms with Crippen molar-refractivity contribution in [2.45, 2.75) is 43.9 Å². The van der Waals surface area contributed by atoms with Gasteiger partial charge < -0.3 is 9.64 Å². The second kappa shape index (κ2) is 4.11. The zero-order valence-electron chi connectivity index (χ0n) is 10.8. The fourth-order valence-corrected chi connectivity index (χ4v) is 3.38. The Hall–Kier alpha value is -0.860. The minimum absolute atomic E-state index is 0.0447. The standard InChI is InChI=1S/C15H21NO/c1-16(2)13-7-9-15(10-8-13)14-6-4-3-5-12(14)11-17-15/h3-6,13H,7-11H2,1-2H3/t13-,15+. The summed E-state index contributed by atoms with van der Waals surface area (Å²) in [6.45, 7) is 0.808. The van der Waals surface area contributed by atoms with Crippen molar-refractivity contribution in [1.82, 2.24) is 4.90 Å². The minimum atomic E-state index is 0.0447. The van der Waals surface area contributed by atoms with Crippen molar-refractivity contribution in [3.63, 3.8) is 0 Å². The van der Waals surface area contributed by atoms with E-state index < -0.39 is 0 Å². The molecule has 1 spiro atoms. The summed E-state index contributed by atoms with van der Waals surface area (Å²) in [4.78, 5) is 2.35. The third-order valence-electron chi connectivity index (χ3n) is 4.51. The van der Waals surface area contributed by atoms with Crippen LogP contribution < -0.4 is 0 Å². The number of fused-ring (bicyclic) bond motifs is 2. The first-order chi connectivity index (χ1) is 8.21. The molecule has 0 atom stereocenters. The Balaban J connectivity index is 1.82. The molecule has 92 valence electrons. The van der Waals surface area contributed by atoms with Gasteiger partial charge in [0.1, 0.15) is 0 Å². The second-order valence-corrected chi connectivity index (χ2v) is 5.63. The van der Waals surface area contributed by atoms with E-state index in [0.29, 0.717) is 0 Å². The lowest BCUT2D eigenvalue weighted by Gasteiger charge is -2.39. The highest BCUT2D eigenvalue weighted by molar-refractivity contribution is 5.35. The van der Waals surface area contributed by atoms with Crippen LogP contribution in [0, 0.1) is 0 Å². The van der Waals surface area contributed by atoms with Gasteiger partial charge in [-0.15, -0.1) is 0 Å². The summed E-state index contributed by atoms with van der Waals surface area (Å²) in [5.41, 5.74) is 2.90. The van der Waals surface area contributed by atoms with Gasteiger partial charge in [0.05, 0.1) is 12.2 Å². The first kappa shape index (κ1) is 11.2. The van der Waals surface area contributed by atoms with Crippen LogP contribution in [0.1, 0.15) is 36.8 Å². The molecule has 0 N–H and O–H groups in total. The largest absolute Gasteiger partial charge is 0.366 e. The van der Waals surface area contributed by atoms with Crippen LogP contribution in [0.25, 0.3) is 0 Å². The maximum atomic E-state index is 6.16. The monoisotopic (exact) mass is 231 g/mol. The number of ether oxygens (including phenoxy) is 1. The van der Waals surface area contributed by atoms with E-state index >= 15 is 0 Å². The van der Waals surface area contributed by atoms with E-state index in [1.54, 1.807) is 0 Å². The zero-order chi connectivity index (χ0) is 11.9. The lowest BCUT2D eigenvalue weighted by molar-refractivity contribution is -0.0744. The zero-order valence-corrected chi connectivity index (χ0v) is 10.8. The van der Waals surface area contributed by atoms with Gasteiger partial charge in [0.15, 0.2) is 0 Å². The van der Waals surface area contributed by atoms with Gasteiger partial charge >= 0.3 is 0 Å². The summed E-state index contributed by atoms with van der Waals surface area (Å²) in [7, 11) is 4.37. The molecule has 0 saturated heterocycles. The third kappa shape index (κ3) is 1.80. The van der Waals surface area contributed by atoms with E-state index in [0.717, 1.165) is 12.6 Å². The van der Waals surface area contributed by atoms with E-state index in [-0.39, 0.29) is 5.60 Å². The minimum Gasteiger partial charge on any atom is -0.366 e. The molecule has 0 aromatic heterocycles. The van der Waals surface area contributed by atoms with Gasteiger partial charge in [-0.1, -0.05) is 24.3 Å². The Morgan fingerprint density at radius 3 is 2.59 bits per heavy atom. The average Bonchev–Trinajstić information content (AvgIpc) is 2.70. The van der Waals surface area contributed by atoms with Gasteiger partial charge in [-0.3, -0.25) is 0 Å². The molecule has 1 fully saturated rings. The molecule has 2 nitrogen and oxygen atoms in total. The average molecular weight is 231 g/mol. The smallest absolute Gasteiger partial charge is 0.0940 e. The summed E-state index contributed by atoms with van der Waals surface area (Å²) in [6, 6.07) is 9.47. The van der Waals surface area contributed by atoms with Crippen molar-refractivity contribution in [2.24, 2.45) is 0 Å². The number of hydrogen-bond acceptors (Lipinski definition) is 2. The molecule has 1 aliphatic carbocycles. The topological polar surface area (TPSA) is 12.5 Å². The van der Waals surface area contributed by atoms with Crippen LogP contribution in [0.3, 0.4) is 0 Å². The first-order valence-corrected chi connectivity index (χ1v) is 6.60. The summed E-state index contributed by atoms with van der Waals surface area (Å²) in [6.07, 6.45) is 4.85. The van der Waals surface area contributed by atoms with Crippen LogP contribution in [-0.2, 0) is 16.9 Å². The molecular formula is C15H21NO. The Morgan fingerprint density at radius 2 is 1.88 bits per heavy atom. The third-order valence-corrected chi connectivity index (χ3v) is 4.51. The molecule has 3 rings (SSSR count). The lowest BCUT2D eigenvalue weighted by atomic mass is 9.77. The van der Waals surface area contributed by atoms with Crippen molar-refractivity contribution < 1.29 is 4.74 Å². The van der Waals surface area contributed by atoms with Crippen molar-refractivity contribution in [3.8, 4) is 0 Å². The Morgan fingerprint density at radius 1 is 1.18 bits per heavy atom. The SMILES string of the molecule is CN(C)[C@H]1CC[C@]2(CC1)OCc1ccccc12. The van der Waals surface area contributed by atoms with Gasteiger partial charge in [0.25, 0.3) is 0 Å². The Labute approximate surface area is 104 Å². The van der Waals surface area contributed by atoms with Crippen LogP contribution in [0.4, 0.5) is 0 Å².